The van der Waals surface area contributed by atoms with Crippen molar-refractivity contribution in [2.75, 3.05) is 39.9 Å². The molecular weight excluding hydrogens is 360 g/mol. The van der Waals surface area contributed by atoms with E-state index >= 15 is 0 Å². The first kappa shape index (κ1) is 20.5. The molecule has 28 heavy (non-hydrogen) atoms. The molecule has 2 saturated heterocycles. The number of aromatic nitrogens is 1. The molecule has 2 fully saturated rings. The Kier molecular flexibility index (Phi) is 6.85. The van der Waals surface area contributed by atoms with E-state index in [9.17, 15) is 14.4 Å². The van der Waals surface area contributed by atoms with Crippen molar-refractivity contribution in [2.45, 2.75) is 44.7 Å². The first-order chi connectivity index (χ1) is 13.5. The summed E-state index contributed by atoms with van der Waals surface area (Å²) in [6.45, 7) is 5.01. The lowest BCUT2D eigenvalue weighted by molar-refractivity contribution is -0.136. The van der Waals surface area contributed by atoms with Crippen LogP contribution in [0.3, 0.4) is 0 Å². The zero-order valence-corrected chi connectivity index (χ0v) is 16.7. The number of H-pyrrole nitrogens is 1. The van der Waals surface area contributed by atoms with E-state index in [1.807, 2.05) is 18.9 Å². The summed E-state index contributed by atoms with van der Waals surface area (Å²) < 4.78 is 5.31. The number of hydrogen-bond donors (Lipinski definition) is 2. The molecule has 0 bridgehead atoms. The Labute approximate surface area is 165 Å². The second kappa shape index (κ2) is 9.34. The Morgan fingerprint density at radius 2 is 1.93 bits per heavy atom. The number of nitrogens with zero attached hydrogens (tertiary/aromatic N) is 2. The molecule has 2 aliphatic heterocycles. The Morgan fingerprint density at radius 3 is 2.64 bits per heavy atom. The molecule has 0 unspecified atom stereocenters. The molecule has 154 valence electrons. The van der Waals surface area contributed by atoms with Gasteiger partial charge in [0.2, 0.25) is 11.5 Å². The third-order valence-corrected chi connectivity index (χ3v) is 5.86. The van der Waals surface area contributed by atoms with Gasteiger partial charge in [-0.3, -0.25) is 19.3 Å². The maximum atomic E-state index is 12.5. The van der Waals surface area contributed by atoms with Gasteiger partial charge in [0.25, 0.3) is 5.91 Å². The lowest BCUT2D eigenvalue weighted by Crippen LogP contribution is -2.45. The topological polar surface area (TPSA) is 94.7 Å². The molecule has 1 aromatic rings. The first-order valence-corrected chi connectivity index (χ1v) is 10.1. The molecule has 0 radical (unpaired) electrons. The summed E-state index contributed by atoms with van der Waals surface area (Å²) in [5.41, 5.74) is 0.970. The highest BCUT2D eigenvalue weighted by atomic mass is 16.5. The van der Waals surface area contributed by atoms with Crippen molar-refractivity contribution in [3.8, 4) is 0 Å². The number of carbonyl (C=O) groups excluding carboxylic acids is 2. The van der Waals surface area contributed by atoms with Crippen LogP contribution in [-0.4, -0.2) is 78.6 Å². The Balaban J connectivity index is 1.51. The maximum absolute atomic E-state index is 12.5. The van der Waals surface area contributed by atoms with Crippen molar-refractivity contribution in [1.29, 1.82) is 0 Å². The fraction of sp³-hybridized carbons (Fsp3) is 0.650. The summed E-state index contributed by atoms with van der Waals surface area (Å²) in [5, 5.41) is 2.99. The smallest absolute Gasteiger partial charge is 0.253 e. The number of carbonyl (C=O) groups is 2. The Hall–Kier alpha value is -2.19. The highest BCUT2D eigenvalue weighted by molar-refractivity contribution is 5.95. The van der Waals surface area contributed by atoms with Gasteiger partial charge in [-0.2, -0.15) is 0 Å². The van der Waals surface area contributed by atoms with Gasteiger partial charge in [-0.05, 0) is 32.4 Å². The fourth-order valence-corrected chi connectivity index (χ4v) is 4.04. The first-order valence-electron chi connectivity index (χ1n) is 10.1. The van der Waals surface area contributed by atoms with Crippen molar-refractivity contribution in [2.24, 2.45) is 0 Å². The van der Waals surface area contributed by atoms with Crippen LogP contribution in [-0.2, 0) is 16.0 Å². The SMILES string of the molecule is CCc1[nH]c(=O)ccc1C(=O)NC[C@@H]1CC[C@H](CC(=O)N2CCOCC2)N1C. The zero-order chi connectivity index (χ0) is 20.1. The number of amides is 2. The summed E-state index contributed by atoms with van der Waals surface area (Å²) >= 11 is 0. The van der Waals surface area contributed by atoms with Crippen LogP contribution in [0.25, 0.3) is 0 Å². The number of nitrogens with one attached hydrogen (secondary N) is 2. The quantitative estimate of drug-likeness (QED) is 0.732. The molecule has 0 aromatic carbocycles. The number of likely N-dealkylation sites (tertiary alicyclic amines) is 1. The molecule has 3 heterocycles. The van der Waals surface area contributed by atoms with Crippen LogP contribution >= 0.6 is 0 Å². The van der Waals surface area contributed by atoms with E-state index in [-0.39, 0.29) is 29.5 Å². The number of ether oxygens (including phenoxy) is 1. The normalized spacial score (nSPS) is 23.0. The molecule has 2 amide bonds. The average molecular weight is 390 g/mol. The number of morpholine rings is 1. The number of aromatic amines is 1. The van der Waals surface area contributed by atoms with E-state index in [1.165, 1.54) is 6.07 Å². The molecule has 2 atom stereocenters. The highest BCUT2D eigenvalue weighted by Crippen LogP contribution is 2.25. The van der Waals surface area contributed by atoms with Crippen LogP contribution < -0.4 is 10.9 Å². The van der Waals surface area contributed by atoms with Crippen LogP contribution in [0, 0.1) is 0 Å². The summed E-state index contributed by atoms with van der Waals surface area (Å²) in [6, 6.07) is 3.37. The van der Waals surface area contributed by atoms with E-state index in [0.29, 0.717) is 56.9 Å². The van der Waals surface area contributed by atoms with Crippen molar-refractivity contribution in [3.05, 3.63) is 33.7 Å². The van der Waals surface area contributed by atoms with Gasteiger partial charge in [0, 0.05) is 49.9 Å². The molecule has 3 rings (SSSR count). The van der Waals surface area contributed by atoms with E-state index in [0.717, 1.165) is 12.8 Å². The van der Waals surface area contributed by atoms with Crippen LogP contribution in [0.1, 0.15) is 42.2 Å². The van der Waals surface area contributed by atoms with Gasteiger partial charge in [-0.1, -0.05) is 6.92 Å². The molecule has 0 spiro atoms. The van der Waals surface area contributed by atoms with E-state index < -0.39 is 0 Å². The minimum Gasteiger partial charge on any atom is -0.378 e. The van der Waals surface area contributed by atoms with Gasteiger partial charge >= 0.3 is 0 Å². The molecular formula is C20H30N4O4. The zero-order valence-electron chi connectivity index (χ0n) is 16.7. The molecule has 8 heteroatoms. The number of hydrogen-bond acceptors (Lipinski definition) is 5. The van der Waals surface area contributed by atoms with Crippen LogP contribution in [0.5, 0.6) is 0 Å². The second-order valence-corrected chi connectivity index (χ2v) is 7.53. The monoisotopic (exact) mass is 390 g/mol. The minimum atomic E-state index is -0.197. The molecule has 1 aromatic heterocycles. The van der Waals surface area contributed by atoms with Gasteiger partial charge in [0.1, 0.15) is 0 Å². The summed E-state index contributed by atoms with van der Waals surface area (Å²) in [6.07, 6.45) is 3.00. The van der Waals surface area contributed by atoms with Gasteiger partial charge in [0.05, 0.1) is 18.8 Å². The summed E-state index contributed by atoms with van der Waals surface area (Å²) in [4.78, 5) is 43.3. The fourth-order valence-electron chi connectivity index (χ4n) is 4.04. The average Bonchev–Trinajstić information content (AvgIpc) is 3.06. The lowest BCUT2D eigenvalue weighted by Gasteiger charge is -2.30. The largest absolute Gasteiger partial charge is 0.378 e. The van der Waals surface area contributed by atoms with E-state index in [2.05, 4.69) is 15.2 Å². The highest BCUT2D eigenvalue weighted by Gasteiger charge is 2.33. The van der Waals surface area contributed by atoms with Gasteiger partial charge < -0.3 is 19.9 Å². The van der Waals surface area contributed by atoms with Crippen molar-refractivity contribution in [1.82, 2.24) is 20.1 Å². The van der Waals surface area contributed by atoms with E-state index in [4.69, 9.17) is 4.74 Å². The van der Waals surface area contributed by atoms with Crippen molar-refractivity contribution < 1.29 is 14.3 Å². The molecule has 2 N–H and O–H groups in total. The van der Waals surface area contributed by atoms with E-state index in [1.54, 1.807) is 6.07 Å². The summed E-state index contributed by atoms with van der Waals surface area (Å²) in [5.74, 6) is 0.0139. The number of aryl methyl sites for hydroxylation is 1. The number of rotatable bonds is 6. The molecule has 0 saturated carbocycles. The van der Waals surface area contributed by atoms with Crippen molar-refractivity contribution >= 4 is 11.8 Å². The lowest BCUT2D eigenvalue weighted by atomic mass is 10.1. The van der Waals surface area contributed by atoms with Gasteiger partial charge in [-0.15, -0.1) is 0 Å². The van der Waals surface area contributed by atoms with Crippen LogP contribution in [0.4, 0.5) is 0 Å². The number of likely N-dealkylation sites (N-methyl/N-ethyl adjacent to an activating group) is 1. The van der Waals surface area contributed by atoms with Crippen molar-refractivity contribution in [3.63, 3.8) is 0 Å². The third kappa shape index (κ3) is 4.80. The summed E-state index contributed by atoms with van der Waals surface area (Å²) in [7, 11) is 2.03. The maximum Gasteiger partial charge on any atom is 0.253 e. The predicted octanol–water partition coefficient (Wildman–Crippen LogP) is 0.379. The minimum absolute atomic E-state index is 0.172. The van der Waals surface area contributed by atoms with Gasteiger partial charge in [-0.25, -0.2) is 0 Å². The van der Waals surface area contributed by atoms with Gasteiger partial charge in [0.15, 0.2) is 0 Å². The number of pyridine rings is 1. The molecule has 8 nitrogen and oxygen atoms in total. The van der Waals surface area contributed by atoms with Crippen LogP contribution in [0.2, 0.25) is 0 Å². The molecule has 0 aliphatic carbocycles. The van der Waals surface area contributed by atoms with Crippen LogP contribution in [0.15, 0.2) is 16.9 Å². The molecule has 2 aliphatic rings. The standard InChI is InChI=1S/C20H30N4O4/c1-3-17-16(6-7-18(25)22-17)20(27)21-13-15-5-4-14(23(15)2)12-19(26)24-8-10-28-11-9-24/h6-7,14-15H,3-5,8-13H2,1-2H3,(H,21,27)(H,22,25)/t14-,15+/m1/s1. The predicted molar refractivity (Wildman–Crippen MR) is 105 cm³/mol. The Morgan fingerprint density at radius 1 is 1.21 bits per heavy atom. The second-order valence-electron chi connectivity index (χ2n) is 7.53. The Bertz CT molecular complexity index is 757. The third-order valence-electron chi connectivity index (χ3n) is 5.86.